The smallest absolute Gasteiger partial charge is 0.0811 e. The molecule has 1 aromatic rings. The fourth-order valence-corrected chi connectivity index (χ4v) is 3.13. The first-order valence-electron chi connectivity index (χ1n) is 6.34. The Morgan fingerprint density at radius 1 is 1.21 bits per heavy atom. The highest BCUT2D eigenvalue weighted by Crippen LogP contribution is 2.29. The predicted octanol–water partition coefficient (Wildman–Crippen LogP) is 2.78. The Hall–Kier alpha value is -1.78. The van der Waals surface area contributed by atoms with Gasteiger partial charge in [0.1, 0.15) is 0 Å². The molecule has 1 aromatic carbocycles. The second-order valence-corrected chi connectivity index (χ2v) is 5.43. The summed E-state index contributed by atoms with van der Waals surface area (Å²) >= 11 is 1.74. The van der Waals surface area contributed by atoms with Gasteiger partial charge in [0.2, 0.25) is 0 Å². The van der Waals surface area contributed by atoms with Crippen molar-refractivity contribution in [2.45, 2.75) is 13.5 Å². The first-order valence-corrected chi connectivity index (χ1v) is 7.16. The Kier molecular flexibility index (Phi) is 3.27. The fraction of sp³-hybridized carbons (Fsp3) is 0.200. The van der Waals surface area contributed by atoms with E-state index in [-0.39, 0.29) is 0 Å². The van der Waals surface area contributed by atoms with Crippen LogP contribution >= 0.6 is 11.3 Å². The van der Waals surface area contributed by atoms with Crippen LogP contribution in [0.15, 0.2) is 41.4 Å². The molecule has 0 radical (unpaired) electrons. The van der Waals surface area contributed by atoms with Crippen LogP contribution in [0, 0.1) is 0 Å². The fourth-order valence-electron chi connectivity index (χ4n) is 2.07. The molecule has 0 atom stereocenters. The highest BCUT2D eigenvalue weighted by molar-refractivity contribution is 7.21. The summed E-state index contributed by atoms with van der Waals surface area (Å²) in [6.45, 7) is 3.40. The highest BCUT2D eigenvalue weighted by Gasteiger charge is 2.07. The maximum atomic E-state index is 5.69. The van der Waals surface area contributed by atoms with Gasteiger partial charge in [-0.2, -0.15) is 0 Å². The normalized spacial score (nSPS) is 12.4. The number of fused-ring (bicyclic) bond motifs is 2. The number of hydrogen-bond donors (Lipinski definition) is 1. The topological polar surface area (TPSA) is 51.3 Å². The molecule has 1 heterocycles. The average molecular weight is 269 g/mol. The van der Waals surface area contributed by atoms with Gasteiger partial charge in [-0.1, -0.05) is 6.07 Å². The zero-order chi connectivity index (χ0) is 13.2. The average Bonchev–Trinajstić information content (AvgIpc) is 2.45. The molecule has 3 nitrogen and oxygen atoms in total. The SMILES string of the molecule is CC/N=c1\ccc2nc3ccc(CN)cc3sc-2c1. The minimum absolute atomic E-state index is 0.561. The molecule has 0 spiro atoms. The van der Waals surface area contributed by atoms with Crippen LogP contribution in [-0.4, -0.2) is 11.5 Å². The molecule has 19 heavy (non-hydrogen) atoms. The summed E-state index contributed by atoms with van der Waals surface area (Å²) in [5.41, 5.74) is 8.87. The Morgan fingerprint density at radius 3 is 2.89 bits per heavy atom. The number of benzene rings is 2. The Labute approximate surface area is 115 Å². The van der Waals surface area contributed by atoms with Crippen molar-refractivity contribution < 1.29 is 0 Å². The van der Waals surface area contributed by atoms with E-state index in [2.05, 4.69) is 22.1 Å². The molecule has 96 valence electrons. The maximum Gasteiger partial charge on any atom is 0.0811 e. The van der Waals surface area contributed by atoms with E-state index in [4.69, 9.17) is 5.73 Å². The van der Waals surface area contributed by atoms with Gasteiger partial charge in [-0.25, -0.2) is 4.98 Å². The Balaban J connectivity index is 2.28. The van der Waals surface area contributed by atoms with Crippen molar-refractivity contribution in [1.82, 2.24) is 4.98 Å². The summed E-state index contributed by atoms with van der Waals surface area (Å²) in [5.74, 6) is 0. The van der Waals surface area contributed by atoms with Crippen LogP contribution in [0.25, 0.3) is 20.8 Å². The first-order chi connectivity index (χ1) is 9.30. The first kappa shape index (κ1) is 12.3. The van der Waals surface area contributed by atoms with Crippen molar-refractivity contribution in [2.24, 2.45) is 10.7 Å². The molecule has 0 unspecified atom stereocenters. The van der Waals surface area contributed by atoms with E-state index in [1.54, 1.807) is 11.3 Å². The van der Waals surface area contributed by atoms with Crippen molar-refractivity contribution in [3.05, 3.63) is 47.3 Å². The lowest BCUT2D eigenvalue weighted by atomic mass is 10.2. The van der Waals surface area contributed by atoms with Gasteiger partial charge in [-0.05, 0) is 42.8 Å². The predicted molar refractivity (Wildman–Crippen MR) is 80.2 cm³/mol. The minimum Gasteiger partial charge on any atom is -0.326 e. The lowest BCUT2D eigenvalue weighted by molar-refractivity contribution is 1.06. The summed E-state index contributed by atoms with van der Waals surface area (Å²) in [4.78, 5) is 10.3. The van der Waals surface area contributed by atoms with Gasteiger partial charge in [0.05, 0.1) is 26.1 Å². The summed E-state index contributed by atoms with van der Waals surface area (Å²) in [6, 6.07) is 12.4. The van der Waals surface area contributed by atoms with E-state index in [1.807, 2.05) is 31.2 Å². The Bertz CT molecular complexity index is 761. The van der Waals surface area contributed by atoms with E-state index in [9.17, 15) is 0 Å². The third kappa shape index (κ3) is 2.37. The van der Waals surface area contributed by atoms with Gasteiger partial charge in [0.15, 0.2) is 0 Å². The van der Waals surface area contributed by atoms with Gasteiger partial charge in [-0.15, -0.1) is 11.3 Å². The number of nitrogens with zero attached hydrogens (tertiary/aromatic N) is 2. The van der Waals surface area contributed by atoms with Crippen LogP contribution < -0.4 is 11.1 Å². The number of rotatable bonds is 2. The molecule has 1 aliphatic heterocycles. The zero-order valence-corrected chi connectivity index (χ0v) is 11.6. The van der Waals surface area contributed by atoms with Gasteiger partial charge in [0.25, 0.3) is 0 Å². The lowest BCUT2D eigenvalue weighted by Crippen LogP contribution is -2.02. The van der Waals surface area contributed by atoms with Crippen molar-refractivity contribution in [3.63, 3.8) is 0 Å². The molecule has 1 aliphatic carbocycles. The van der Waals surface area contributed by atoms with E-state index in [0.29, 0.717) is 6.54 Å². The molecule has 0 aromatic heterocycles. The summed E-state index contributed by atoms with van der Waals surface area (Å²) in [7, 11) is 0. The largest absolute Gasteiger partial charge is 0.326 e. The van der Waals surface area contributed by atoms with E-state index in [0.717, 1.165) is 33.6 Å². The molecule has 0 fully saturated rings. The number of hydrogen-bond acceptors (Lipinski definition) is 4. The molecule has 0 bridgehead atoms. The van der Waals surface area contributed by atoms with Crippen LogP contribution in [0.4, 0.5) is 0 Å². The lowest BCUT2D eigenvalue weighted by Gasteiger charge is -2.07. The Morgan fingerprint density at radius 2 is 2.11 bits per heavy atom. The molecule has 2 N–H and O–H groups in total. The van der Waals surface area contributed by atoms with Gasteiger partial charge >= 0.3 is 0 Å². The monoisotopic (exact) mass is 269 g/mol. The van der Waals surface area contributed by atoms with Crippen LogP contribution in [0.5, 0.6) is 0 Å². The molecule has 0 saturated heterocycles. The van der Waals surface area contributed by atoms with E-state index >= 15 is 0 Å². The molecular weight excluding hydrogens is 254 g/mol. The van der Waals surface area contributed by atoms with Gasteiger partial charge in [0, 0.05) is 13.1 Å². The van der Waals surface area contributed by atoms with Crippen molar-refractivity contribution in [3.8, 4) is 10.6 Å². The molecular formula is C15H15N3S. The van der Waals surface area contributed by atoms with Crippen LogP contribution in [0.1, 0.15) is 12.5 Å². The third-order valence-corrected chi connectivity index (χ3v) is 4.10. The molecule has 0 saturated carbocycles. The van der Waals surface area contributed by atoms with Crippen molar-refractivity contribution in [1.29, 1.82) is 0 Å². The second-order valence-electron chi connectivity index (χ2n) is 4.35. The molecule has 2 aliphatic rings. The van der Waals surface area contributed by atoms with Crippen LogP contribution in [0.3, 0.4) is 0 Å². The summed E-state index contributed by atoms with van der Waals surface area (Å²) in [5, 5.41) is 1.02. The van der Waals surface area contributed by atoms with Gasteiger partial charge < -0.3 is 5.73 Å². The number of aromatic nitrogens is 1. The quantitative estimate of drug-likeness (QED) is 0.727. The summed E-state index contributed by atoms with van der Waals surface area (Å²) < 4.78 is 1.17. The van der Waals surface area contributed by atoms with E-state index in [1.165, 1.54) is 4.70 Å². The third-order valence-electron chi connectivity index (χ3n) is 3.00. The maximum absolute atomic E-state index is 5.69. The molecule has 3 rings (SSSR count). The minimum atomic E-state index is 0.561. The van der Waals surface area contributed by atoms with E-state index < -0.39 is 0 Å². The highest BCUT2D eigenvalue weighted by atomic mass is 32.1. The molecule has 4 heteroatoms. The van der Waals surface area contributed by atoms with Gasteiger partial charge in [-0.3, -0.25) is 4.99 Å². The van der Waals surface area contributed by atoms with Crippen LogP contribution in [-0.2, 0) is 6.54 Å². The number of nitrogens with two attached hydrogens (primary N) is 1. The van der Waals surface area contributed by atoms with Crippen molar-refractivity contribution >= 4 is 21.6 Å². The standard InChI is InChI=1S/C15H15N3S/c1-2-17-11-4-6-13-15(8-11)19-14-7-10(9-16)3-5-12(14)18-13/h3-8H,2,9,16H2,1H3/b17-11+. The van der Waals surface area contributed by atoms with Crippen LogP contribution in [0.2, 0.25) is 0 Å². The summed E-state index contributed by atoms with van der Waals surface area (Å²) in [6.07, 6.45) is 0. The van der Waals surface area contributed by atoms with Crippen molar-refractivity contribution in [2.75, 3.05) is 6.54 Å². The molecule has 0 amide bonds. The zero-order valence-electron chi connectivity index (χ0n) is 10.8. The second kappa shape index (κ2) is 5.07.